The van der Waals surface area contributed by atoms with E-state index in [1.54, 1.807) is 38.8 Å². The van der Waals surface area contributed by atoms with Crippen molar-refractivity contribution in [1.29, 1.82) is 0 Å². The summed E-state index contributed by atoms with van der Waals surface area (Å²) in [5.41, 5.74) is 3.94. The van der Waals surface area contributed by atoms with Crippen molar-refractivity contribution in [1.82, 2.24) is 14.9 Å². The molecule has 0 radical (unpaired) electrons. The minimum absolute atomic E-state index is 0.0757. The molecule has 3 aromatic rings. The summed E-state index contributed by atoms with van der Waals surface area (Å²) >= 11 is 0. The van der Waals surface area contributed by atoms with Gasteiger partial charge in [0.15, 0.2) is 0 Å². The number of likely N-dealkylation sites (N-methyl/N-ethyl adjacent to an activating group) is 1. The van der Waals surface area contributed by atoms with Crippen molar-refractivity contribution in [3.05, 3.63) is 60.6 Å². The van der Waals surface area contributed by atoms with Crippen LogP contribution in [0.4, 0.5) is 11.4 Å². The number of imidazole rings is 1. The summed E-state index contributed by atoms with van der Waals surface area (Å²) in [5, 5.41) is 2.96. The van der Waals surface area contributed by atoms with Crippen molar-refractivity contribution in [3.8, 4) is 17.0 Å². The van der Waals surface area contributed by atoms with Crippen molar-refractivity contribution in [3.63, 3.8) is 0 Å². The van der Waals surface area contributed by atoms with Crippen LogP contribution in [0.5, 0.6) is 5.75 Å². The molecule has 160 valence electrons. The van der Waals surface area contributed by atoms with E-state index in [0.29, 0.717) is 17.9 Å². The summed E-state index contributed by atoms with van der Waals surface area (Å²) in [6.45, 7) is 0.395. The Hall–Kier alpha value is -3.81. The van der Waals surface area contributed by atoms with E-state index in [1.165, 1.54) is 4.90 Å². The Balaban J connectivity index is 1.45. The normalized spacial score (nSPS) is 15.1. The molecule has 0 fully saturated rings. The Kier molecular flexibility index (Phi) is 5.62. The number of amides is 2. The Morgan fingerprint density at radius 2 is 2.10 bits per heavy atom. The summed E-state index contributed by atoms with van der Waals surface area (Å²) < 4.78 is 5.86. The third-order valence-corrected chi connectivity index (χ3v) is 5.35. The molecule has 31 heavy (non-hydrogen) atoms. The van der Waals surface area contributed by atoms with Crippen LogP contribution < -0.4 is 15.0 Å². The molecule has 1 atom stereocenters. The summed E-state index contributed by atoms with van der Waals surface area (Å²) in [6.07, 6.45) is 3.62. The second kappa shape index (κ2) is 8.51. The molecule has 0 saturated carbocycles. The molecule has 2 aromatic carbocycles. The zero-order valence-corrected chi connectivity index (χ0v) is 17.8. The van der Waals surface area contributed by atoms with Crippen LogP contribution in [-0.2, 0) is 4.79 Å². The number of nitrogens with zero attached hydrogens (tertiary/aromatic N) is 3. The second-order valence-electron chi connectivity index (χ2n) is 7.76. The van der Waals surface area contributed by atoms with Crippen LogP contribution in [-0.4, -0.2) is 60.5 Å². The fourth-order valence-corrected chi connectivity index (χ4v) is 3.60. The topological polar surface area (TPSA) is 90.6 Å². The van der Waals surface area contributed by atoms with Gasteiger partial charge in [-0.3, -0.25) is 9.59 Å². The largest absolute Gasteiger partial charge is 0.489 e. The van der Waals surface area contributed by atoms with Gasteiger partial charge in [0.2, 0.25) is 5.91 Å². The number of carbonyl (C=O) groups is 2. The Morgan fingerprint density at radius 1 is 1.26 bits per heavy atom. The Labute approximate surface area is 180 Å². The minimum Gasteiger partial charge on any atom is -0.489 e. The number of aromatic amines is 1. The highest BCUT2D eigenvalue weighted by atomic mass is 16.5. The van der Waals surface area contributed by atoms with E-state index in [4.69, 9.17) is 4.74 Å². The molecule has 0 saturated heterocycles. The smallest absolute Gasteiger partial charge is 0.253 e. The van der Waals surface area contributed by atoms with Crippen molar-refractivity contribution >= 4 is 23.2 Å². The summed E-state index contributed by atoms with van der Waals surface area (Å²) in [4.78, 5) is 35.7. The number of benzene rings is 2. The van der Waals surface area contributed by atoms with E-state index >= 15 is 0 Å². The van der Waals surface area contributed by atoms with E-state index < -0.39 is 0 Å². The third-order valence-electron chi connectivity index (χ3n) is 5.35. The summed E-state index contributed by atoms with van der Waals surface area (Å²) in [6, 6.07) is 12.8. The average molecular weight is 419 g/mol. The molecule has 8 nitrogen and oxygen atoms in total. The lowest BCUT2D eigenvalue weighted by Crippen LogP contribution is -2.42. The quantitative estimate of drug-likeness (QED) is 0.664. The number of anilines is 2. The van der Waals surface area contributed by atoms with Gasteiger partial charge in [-0.15, -0.1) is 0 Å². The van der Waals surface area contributed by atoms with Gasteiger partial charge in [0.25, 0.3) is 5.91 Å². The number of ether oxygens (including phenoxy) is 1. The number of H-pyrrole nitrogens is 1. The van der Waals surface area contributed by atoms with Crippen molar-refractivity contribution in [2.24, 2.45) is 0 Å². The first kappa shape index (κ1) is 20.5. The predicted octanol–water partition coefficient (Wildman–Crippen LogP) is 3.00. The molecular weight excluding hydrogens is 394 g/mol. The van der Waals surface area contributed by atoms with Crippen molar-refractivity contribution < 1.29 is 14.3 Å². The van der Waals surface area contributed by atoms with Gasteiger partial charge >= 0.3 is 0 Å². The number of fused-ring (bicyclic) bond motifs is 1. The third kappa shape index (κ3) is 4.37. The molecule has 1 aromatic heterocycles. The molecule has 0 bridgehead atoms. The predicted molar refractivity (Wildman–Crippen MR) is 119 cm³/mol. The van der Waals surface area contributed by atoms with E-state index in [0.717, 1.165) is 22.6 Å². The van der Waals surface area contributed by atoms with Gasteiger partial charge in [-0.25, -0.2) is 4.98 Å². The molecule has 1 unspecified atom stereocenters. The maximum absolute atomic E-state index is 12.7. The van der Waals surface area contributed by atoms with Crippen LogP contribution in [0.3, 0.4) is 0 Å². The lowest BCUT2D eigenvalue weighted by atomic mass is 10.1. The van der Waals surface area contributed by atoms with Crippen LogP contribution in [0.2, 0.25) is 0 Å². The molecule has 8 heteroatoms. The maximum Gasteiger partial charge on any atom is 0.253 e. The maximum atomic E-state index is 12.7. The van der Waals surface area contributed by atoms with Gasteiger partial charge in [0.1, 0.15) is 12.4 Å². The van der Waals surface area contributed by atoms with Crippen LogP contribution in [0.25, 0.3) is 11.3 Å². The first-order valence-corrected chi connectivity index (χ1v) is 10.0. The van der Waals surface area contributed by atoms with Crippen LogP contribution >= 0.6 is 0 Å². The summed E-state index contributed by atoms with van der Waals surface area (Å²) in [7, 11) is 5.36. The molecule has 2 heterocycles. The van der Waals surface area contributed by atoms with Gasteiger partial charge in [0, 0.05) is 38.0 Å². The number of hydrogen-bond donors (Lipinski definition) is 2. The highest BCUT2D eigenvalue weighted by Gasteiger charge is 2.28. The number of carbonyl (C=O) groups excluding carboxylic acids is 2. The van der Waals surface area contributed by atoms with E-state index in [1.807, 2.05) is 42.3 Å². The first-order valence-electron chi connectivity index (χ1n) is 10.0. The lowest BCUT2D eigenvalue weighted by molar-refractivity contribution is -0.116. The first-order chi connectivity index (χ1) is 14.9. The molecule has 2 N–H and O–H groups in total. The zero-order valence-electron chi connectivity index (χ0n) is 17.8. The molecule has 2 amide bonds. The number of hydrogen-bond acceptors (Lipinski definition) is 5. The second-order valence-corrected chi connectivity index (χ2v) is 7.76. The van der Waals surface area contributed by atoms with Gasteiger partial charge < -0.3 is 24.8 Å². The van der Waals surface area contributed by atoms with Crippen molar-refractivity contribution in [2.45, 2.75) is 12.5 Å². The molecule has 1 aliphatic rings. The Morgan fingerprint density at radius 3 is 2.84 bits per heavy atom. The van der Waals surface area contributed by atoms with Crippen LogP contribution in [0, 0.1) is 0 Å². The minimum atomic E-state index is -0.145. The van der Waals surface area contributed by atoms with E-state index in [-0.39, 0.29) is 24.3 Å². The van der Waals surface area contributed by atoms with Gasteiger partial charge in [-0.05, 0) is 30.3 Å². The molecule has 1 aliphatic heterocycles. The number of rotatable bonds is 5. The van der Waals surface area contributed by atoms with Gasteiger partial charge in [0.05, 0.1) is 36.4 Å². The lowest BCUT2D eigenvalue weighted by Gasteiger charge is -2.35. The van der Waals surface area contributed by atoms with Crippen LogP contribution in [0.15, 0.2) is 55.0 Å². The standard InChI is InChI=1S/C23H25N5O3/c1-27(2)23(30)16-7-8-21-20(10-16)28(3)18(13-31-21)11-22(29)26-17-6-4-5-15(9-17)19-12-24-14-25-19/h4-10,12,14,18H,11,13H2,1-3H3,(H,24,25)(H,26,29). The SMILES string of the molecule is CN(C)C(=O)c1ccc2c(c1)N(C)C(CC(=O)Nc1cccc(-c3cnc[nH]3)c1)CO2. The van der Waals surface area contributed by atoms with Crippen LogP contribution in [0.1, 0.15) is 16.8 Å². The van der Waals surface area contributed by atoms with Gasteiger partial charge in [-0.1, -0.05) is 12.1 Å². The van der Waals surface area contributed by atoms with E-state index in [9.17, 15) is 9.59 Å². The molecular formula is C23H25N5O3. The number of nitrogens with one attached hydrogen (secondary N) is 2. The fourth-order valence-electron chi connectivity index (χ4n) is 3.60. The average Bonchev–Trinajstić information content (AvgIpc) is 3.30. The zero-order chi connectivity index (χ0) is 22.0. The monoisotopic (exact) mass is 419 g/mol. The summed E-state index contributed by atoms with van der Waals surface area (Å²) in [5.74, 6) is 0.529. The fraction of sp³-hybridized carbons (Fsp3) is 0.261. The Bertz CT molecular complexity index is 1090. The van der Waals surface area contributed by atoms with E-state index in [2.05, 4.69) is 15.3 Å². The highest BCUT2D eigenvalue weighted by Crippen LogP contribution is 2.35. The highest BCUT2D eigenvalue weighted by molar-refractivity contribution is 5.96. The van der Waals surface area contributed by atoms with Crippen molar-refractivity contribution in [2.75, 3.05) is 38.0 Å². The van der Waals surface area contributed by atoms with Gasteiger partial charge in [-0.2, -0.15) is 0 Å². The molecule has 0 aliphatic carbocycles. The molecule has 4 rings (SSSR count). The molecule has 0 spiro atoms. The number of aromatic nitrogens is 2.